The van der Waals surface area contributed by atoms with Crippen LogP contribution in [0.1, 0.15) is 5.56 Å². The number of aromatic nitrogens is 4. The lowest BCUT2D eigenvalue weighted by molar-refractivity contribution is 0.415. The van der Waals surface area contributed by atoms with Gasteiger partial charge in [0.1, 0.15) is 11.4 Å². The van der Waals surface area contributed by atoms with Crippen molar-refractivity contribution in [3.8, 4) is 17.3 Å². The number of rotatable bonds is 5. The van der Waals surface area contributed by atoms with Crippen LogP contribution in [-0.2, 0) is 0 Å². The summed E-state index contributed by atoms with van der Waals surface area (Å²) >= 11 is 0. The number of methoxy groups -OCH3 is 1. The molecule has 0 aliphatic heterocycles. The number of benzene rings is 2. The van der Waals surface area contributed by atoms with Gasteiger partial charge in [0.2, 0.25) is 0 Å². The van der Waals surface area contributed by atoms with Crippen LogP contribution < -0.4 is 10.2 Å². The Labute approximate surface area is 149 Å². The third kappa shape index (κ3) is 3.10. The number of anilines is 1. The number of hydrogen-bond acceptors (Lipinski definition) is 6. The van der Waals surface area contributed by atoms with Crippen LogP contribution in [0.5, 0.6) is 5.75 Å². The molecule has 26 heavy (non-hydrogen) atoms. The Morgan fingerprint density at radius 3 is 2.58 bits per heavy atom. The molecule has 4 rings (SSSR count). The first-order valence-corrected chi connectivity index (χ1v) is 8.03. The van der Waals surface area contributed by atoms with Gasteiger partial charge in [-0.3, -0.25) is 5.43 Å². The van der Waals surface area contributed by atoms with Gasteiger partial charge in [-0.05, 0) is 29.8 Å². The maximum Gasteiger partial charge on any atom is 0.176 e. The van der Waals surface area contributed by atoms with Crippen LogP contribution >= 0.6 is 0 Å². The topological polar surface area (TPSA) is 88.1 Å². The van der Waals surface area contributed by atoms with Crippen LogP contribution in [0.25, 0.3) is 22.3 Å². The van der Waals surface area contributed by atoms with Gasteiger partial charge < -0.3 is 9.72 Å². The molecule has 0 bridgehead atoms. The van der Waals surface area contributed by atoms with E-state index in [0.717, 1.165) is 22.1 Å². The maximum atomic E-state index is 5.15. The Morgan fingerprint density at radius 2 is 1.85 bits per heavy atom. The molecule has 2 heterocycles. The van der Waals surface area contributed by atoms with E-state index in [-0.39, 0.29) is 0 Å². The van der Waals surface area contributed by atoms with Crippen molar-refractivity contribution in [1.82, 2.24) is 20.2 Å². The van der Waals surface area contributed by atoms with Gasteiger partial charge in [0, 0.05) is 23.2 Å². The summed E-state index contributed by atoms with van der Waals surface area (Å²) in [6.07, 6.45) is 5.17. The van der Waals surface area contributed by atoms with Gasteiger partial charge >= 0.3 is 0 Å². The third-order valence-corrected chi connectivity index (χ3v) is 3.91. The molecule has 128 valence electrons. The summed E-state index contributed by atoms with van der Waals surface area (Å²) in [4.78, 5) is 7.33. The second kappa shape index (κ2) is 7.02. The molecule has 0 fully saturated rings. The minimum absolute atomic E-state index is 0.584. The standard InChI is InChI=1S/C19H16N6O/c1-26-14-8-6-13(7-9-14)12-22-24-18-16-5-3-2-4-15(16)17(23-25-18)19-20-10-11-21-19/h2-12H,1H3,(H,20,21)(H,24,25)/b22-12+. The second-order valence-corrected chi connectivity index (χ2v) is 5.52. The normalized spacial score (nSPS) is 11.1. The van der Waals surface area contributed by atoms with Crippen LogP contribution in [0.15, 0.2) is 66.0 Å². The van der Waals surface area contributed by atoms with Crippen molar-refractivity contribution in [2.45, 2.75) is 0 Å². The Bertz CT molecular complexity index is 1040. The van der Waals surface area contributed by atoms with Crippen molar-refractivity contribution in [2.24, 2.45) is 5.10 Å². The summed E-state index contributed by atoms with van der Waals surface area (Å²) in [6, 6.07) is 15.5. The molecule has 0 aliphatic rings. The Morgan fingerprint density at radius 1 is 1.04 bits per heavy atom. The highest BCUT2D eigenvalue weighted by atomic mass is 16.5. The quantitative estimate of drug-likeness (QED) is 0.427. The van der Waals surface area contributed by atoms with Crippen LogP contribution in [-0.4, -0.2) is 33.5 Å². The maximum absolute atomic E-state index is 5.15. The fourth-order valence-corrected chi connectivity index (χ4v) is 2.61. The van der Waals surface area contributed by atoms with Gasteiger partial charge in [0.25, 0.3) is 0 Å². The highest BCUT2D eigenvalue weighted by Gasteiger charge is 2.11. The van der Waals surface area contributed by atoms with E-state index in [4.69, 9.17) is 4.74 Å². The molecule has 2 aromatic heterocycles. The van der Waals surface area contributed by atoms with Crippen molar-refractivity contribution in [2.75, 3.05) is 12.5 Å². The lowest BCUT2D eigenvalue weighted by Crippen LogP contribution is -1.99. The van der Waals surface area contributed by atoms with E-state index in [0.29, 0.717) is 17.3 Å². The zero-order chi connectivity index (χ0) is 17.8. The molecule has 7 nitrogen and oxygen atoms in total. The molecule has 0 atom stereocenters. The first-order chi connectivity index (χ1) is 12.8. The SMILES string of the molecule is COc1ccc(/C=N/Nc2nnc(-c3ncc[nH]3)c3ccccc23)cc1. The average molecular weight is 344 g/mol. The smallest absolute Gasteiger partial charge is 0.176 e. The summed E-state index contributed by atoms with van der Waals surface area (Å²) in [6.45, 7) is 0. The number of nitrogens with zero attached hydrogens (tertiary/aromatic N) is 4. The van der Waals surface area contributed by atoms with Gasteiger partial charge in [-0.1, -0.05) is 24.3 Å². The van der Waals surface area contributed by atoms with E-state index in [2.05, 4.69) is 30.7 Å². The average Bonchev–Trinajstić information content (AvgIpc) is 3.23. The number of imidazole rings is 1. The Kier molecular flexibility index (Phi) is 4.26. The molecule has 4 aromatic rings. The largest absolute Gasteiger partial charge is 0.497 e. The van der Waals surface area contributed by atoms with Crippen LogP contribution in [0.4, 0.5) is 5.82 Å². The third-order valence-electron chi connectivity index (χ3n) is 3.91. The van der Waals surface area contributed by atoms with E-state index in [9.17, 15) is 0 Å². The van der Waals surface area contributed by atoms with Gasteiger partial charge in [0.15, 0.2) is 11.6 Å². The zero-order valence-corrected chi connectivity index (χ0v) is 14.0. The molecule has 0 spiro atoms. The van der Waals surface area contributed by atoms with E-state index in [1.54, 1.807) is 25.7 Å². The summed E-state index contributed by atoms with van der Waals surface area (Å²) in [5, 5.41) is 14.7. The summed E-state index contributed by atoms with van der Waals surface area (Å²) in [5.74, 6) is 2.07. The number of hydrazone groups is 1. The number of nitrogens with one attached hydrogen (secondary N) is 2. The van der Waals surface area contributed by atoms with Gasteiger partial charge in [-0.2, -0.15) is 5.10 Å². The monoisotopic (exact) mass is 344 g/mol. The van der Waals surface area contributed by atoms with E-state index in [1.165, 1.54) is 0 Å². The fourth-order valence-electron chi connectivity index (χ4n) is 2.61. The molecule has 7 heteroatoms. The minimum atomic E-state index is 0.584. The summed E-state index contributed by atoms with van der Waals surface area (Å²) in [5.41, 5.74) is 4.62. The van der Waals surface area contributed by atoms with Gasteiger partial charge in [0.05, 0.1) is 13.3 Å². The molecule has 2 aromatic carbocycles. The molecule has 0 saturated carbocycles. The predicted octanol–water partition coefficient (Wildman–Crippen LogP) is 3.47. The molecule has 0 aliphatic carbocycles. The molecule has 0 unspecified atom stereocenters. The van der Waals surface area contributed by atoms with Crippen LogP contribution in [0.2, 0.25) is 0 Å². The van der Waals surface area contributed by atoms with Crippen molar-refractivity contribution < 1.29 is 4.74 Å². The number of aromatic amines is 1. The first-order valence-electron chi connectivity index (χ1n) is 8.03. The number of H-pyrrole nitrogens is 1. The van der Waals surface area contributed by atoms with Crippen LogP contribution in [0, 0.1) is 0 Å². The fraction of sp³-hybridized carbons (Fsp3) is 0.0526. The Balaban J connectivity index is 1.62. The highest BCUT2D eigenvalue weighted by Crippen LogP contribution is 2.27. The number of fused-ring (bicyclic) bond motifs is 1. The van der Waals surface area contributed by atoms with E-state index < -0.39 is 0 Å². The Hall–Kier alpha value is -3.74. The number of hydrogen-bond donors (Lipinski definition) is 2. The molecule has 0 amide bonds. The molecular formula is C19H16N6O. The molecule has 2 N–H and O–H groups in total. The van der Waals surface area contributed by atoms with E-state index in [1.807, 2.05) is 48.5 Å². The van der Waals surface area contributed by atoms with Crippen molar-refractivity contribution in [3.05, 3.63) is 66.5 Å². The predicted molar refractivity (Wildman–Crippen MR) is 101 cm³/mol. The first kappa shape index (κ1) is 15.8. The lowest BCUT2D eigenvalue weighted by atomic mass is 10.1. The molecule has 0 saturated heterocycles. The zero-order valence-electron chi connectivity index (χ0n) is 14.0. The molecular weight excluding hydrogens is 328 g/mol. The minimum Gasteiger partial charge on any atom is -0.497 e. The van der Waals surface area contributed by atoms with Crippen molar-refractivity contribution >= 4 is 22.8 Å². The highest BCUT2D eigenvalue weighted by molar-refractivity contribution is 5.99. The lowest BCUT2D eigenvalue weighted by Gasteiger charge is -2.07. The summed E-state index contributed by atoms with van der Waals surface area (Å²) in [7, 11) is 1.64. The molecule has 0 radical (unpaired) electrons. The van der Waals surface area contributed by atoms with Crippen molar-refractivity contribution in [1.29, 1.82) is 0 Å². The van der Waals surface area contributed by atoms with Crippen molar-refractivity contribution in [3.63, 3.8) is 0 Å². The van der Waals surface area contributed by atoms with Gasteiger partial charge in [-0.15, -0.1) is 10.2 Å². The number of ether oxygens (including phenoxy) is 1. The van der Waals surface area contributed by atoms with Gasteiger partial charge in [-0.25, -0.2) is 4.98 Å². The van der Waals surface area contributed by atoms with Crippen LogP contribution in [0.3, 0.4) is 0 Å². The second-order valence-electron chi connectivity index (χ2n) is 5.52. The summed E-state index contributed by atoms with van der Waals surface area (Å²) < 4.78 is 5.15. The van der Waals surface area contributed by atoms with E-state index >= 15 is 0 Å².